The van der Waals surface area contributed by atoms with Gasteiger partial charge in [-0.3, -0.25) is 0 Å². The Morgan fingerprint density at radius 1 is 0.341 bits per heavy atom. The molecule has 0 N–H and O–H groups in total. The van der Waals surface area contributed by atoms with Crippen molar-refractivity contribution in [1.82, 2.24) is 18.3 Å². The molecule has 0 atom stereocenters. The lowest BCUT2D eigenvalue weighted by Crippen LogP contribution is -2.14. The van der Waals surface area contributed by atoms with Gasteiger partial charge in [-0.25, -0.2) is 4.85 Å². The zero-order chi connectivity index (χ0) is 57.9. The third-order valence-corrected chi connectivity index (χ3v) is 19.6. The second kappa shape index (κ2) is 18.3. The van der Waals surface area contributed by atoms with E-state index in [-0.39, 0.29) is 0 Å². The van der Waals surface area contributed by atoms with Crippen LogP contribution in [0, 0.1) is 17.9 Å². The summed E-state index contributed by atoms with van der Waals surface area (Å²) < 4.78 is 18.7. The molecular weight excluding hydrogens is 1090 g/mol. The minimum Gasteiger partial charge on any atom is -0.454 e. The van der Waals surface area contributed by atoms with Crippen molar-refractivity contribution < 1.29 is 4.42 Å². The lowest BCUT2D eigenvalue weighted by molar-refractivity contribution is 0.671. The first-order valence-electron chi connectivity index (χ1n) is 29.5. The Morgan fingerprint density at radius 2 is 0.784 bits per heavy atom. The average molecular weight is 1140 g/mol. The predicted molar refractivity (Wildman–Crippen MR) is 366 cm³/mol. The number of nitrogens with zero attached hydrogens (tertiary/aromatic N) is 6. The topological polar surface area (TPSA) is 61.0 Å². The largest absolute Gasteiger partial charge is 0.454 e. The molecule has 0 aliphatic rings. The number of fused-ring (bicyclic) bond motifs is 20. The van der Waals surface area contributed by atoms with Crippen molar-refractivity contribution in [3.63, 3.8) is 0 Å². The van der Waals surface area contributed by atoms with Gasteiger partial charge in [0.05, 0.1) is 83.7 Å². The summed E-state index contributed by atoms with van der Waals surface area (Å²) in [6, 6.07) is 97.4. The molecule has 13 aromatic carbocycles. The van der Waals surface area contributed by atoms with E-state index in [0.29, 0.717) is 39.6 Å². The maximum absolute atomic E-state index is 13.1. The highest BCUT2D eigenvalue weighted by Crippen LogP contribution is 2.54. The molecule has 0 saturated carbocycles. The van der Waals surface area contributed by atoms with Gasteiger partial charge >= 0.3 is 0 Å². The number of furan rings is 1. The minimum absolute atomic E-state index is 0.307. The highest BCUT2D eigenvalue weighted by atomic mass is 32.1. The van der Waals surface area contributed by atoms with Crippen LogP contribution in [0.25, 0.3) is 179 Å². The average Bonchev–Trinajstić information content (AvgIpc) is 1.48. The molecule has 0 radical (unpaired) electrons. The summed E-state index contributed by atoms with van der Waals surface area (Å²) in [7, 11) is 0. The molecule has 0 spiro atoms. The Balaban J connectivity index is 1.12. The minimum atomic E-state index is 0.307. The Bertz CT molecular complexity index is 6070. The molecule has 19 rings (SSSR count). The van der Waals surface area contributed by atoms with Crippen LogP contribution < -0.4 is 0 Å². The molecule has 0 bridgehead atoms. The number of para-hydroxylation sites is 5. The Kier molecular flexibility index (Phi) is 10.1. The SMILES string of the molecule is [C-]#[N+]c1c(-n2c3ccccc3c3ccccc32)c(-n2c3ccc(-c4ccccc4)cc3c3ccc4c5ccccc5sc4c32)c(-n2c3ccccc3c3ccccc32)c(C#N)c1-n1c2ccc(-c3ccccc3)cc2c2ccc3c4ccccc4oc3c21. The van der Waals surface area contributed by atoms with Crippen molar-refractivity contribution in [2.45, 2.75) is 0 Å². The van der Waals surface area contributed by atoms with Crippen molar-refractivity contribution in [2.24, 2.45) is 0 Å². The normalized spacial score (nSPS) is 12.1. The lowest BCUT2D eigenvalue weighted by atomic mass is 10.0. The van der Waals surface area contributed by atoms with Gasteiger partial charge in [0.2, 0.25) is 5.69 Å². The van der Waals surface area contributed by atoms with Crippen LogP contribution in [0.15, 0.2) is 271 Å². The first-order valence-corrected chi connectivity index (χ1v) is 30.3. The Hall–Kier alpha value is -11.9. The van der Waals surface area contributed by atoms with E-state index in [0.717, 1.165) is 136 Å². The van der Waals surface area contributed by atoms with Crippen molar-refractivity contribution in [3.8, 4) is 51.1 Å². The van der Waals surface area contributed by atoms with E-state index in [2.05, 4.69) is 267 Å². The molecule has 19 aromatic rings. The van der Waals surface area contributed by atoms with Gasteiger partial charge in [0, 0.05) is 69.3 Å². The van der Waals surface area contributed by atoms with Gasteiger partial charge in [0.25, 0.3) is 0 Å². The predicted octanol–water partition coefficient (Wildman–Crippen LogP) is 22.1. The van der Waals surface area contributed by atoms with E-state index >= 15 is 0 Å². The summed E-state index contributed by atoms with van der Waals surface area (Å²) in [6.07, 6.45) is 0. The number of hydrogen-bond acceptors (Lipinski definition) is 3. The molecule has 0 aliphatic heterocycles. The fourth-order valence-corrected chi connectivity index (χ4v) is 16.0. The van der Waals surface area contributed by atoms with Crippen LogP contribution in [0.2, 0.25) is 0 Å². The summed E-state index contributed by atoms with van der Waals surface area (Å²) >= 11 is 1.78. The van der Waals surface area contributed by atoms with Crippen molar-refractivity contribution in [2.75, 3.05) is 0 Å². The van der Waals surface area contributed by atoms with Crippen molar-refractivity contribution >= 4 is 146 Å². The van der Waals surface area contributed by atoms with Crippen LogP contribution in [0.5, 0.6) is 0 Å². The molecule has 88 heavy (non-hydrogen) atoms. The van der Waals surface area contributed by atoms with Gasteiger partial charge in [-0.1, -0.05) is 200 Å². The highest BCUT2D eigenvalue weighted by molar-refractivity contribution is 7.26. The summed E-state index contributed by atoms with van der Waals surface area (Å²) in [5.41, 5.74) is 16.0. The number of benzene rings is 13. The van der Waals surface area contributed by atoms with Crippen LogP contribution in [0.1, 0.15) is 5.56 Å². The van der Waals surface area contributed by atoms with E-state index in [1.807, 2.05) is 24.3 Å². The fourth-order valence-electron chi connectivity index (χ4n) is 14.7. The second-order valence-corrected chi connectivity index (χ2v) is 23.9. The zero-order valence-corrected chi connectivity index (χ0v) is 47.7. The van der Waals surface area contributed by atoms with Crippen LogP contribution in [0.4, 0.5) is 5.69 Å². The monoisotopic (exact) mass is 1140 g/mol. The van der Waals surface area contributed by atoms with E-state index in [9.17, 15) is 11.8 Å². The fraction of sp³-hybridized carbons (Fsp3) is 0. The van der Waals surface area contributed by atoms with E-state index < -0.39 is 0 Å². The first kappa shape index (κ1) is 48.4. The molecular formula is C80H44N6OS. The van der Waals surface area contributed by atoms with Gasteiger partial charge in [-0.15, -0.1) is 11.3 Å². The van der Waals surface area contributed by atoms with Gasteiger partial charge < -0.3 is 22.7 Å². The molecule has 0 unspecified atom stereocenters. The number of nitriles is 1. The number of rotatable bonds is 6. The van der Waals surface area contributed by atoms with E-state index in [4.69, 9.17) is 9.26 Å². The summed E-state index contributed by atoms with van der Waals surface area (Å²) in [4.78, 5) is 4.94. The molecule has 0 saturated heterocycles. The quantitative estimate of drug-likeness (QED) is 0.156. The Labute approximate surface area is 506 Å². The number of thiophene rings is 1. The maximum Gasteiger partial charge on any atom is 0.237 e. The smallest absolute Gasteiger partial charge is 0.237 e. The summed E-state index contributed by atoms with van der Waals surface area (Å²) in [5, 5.41) is 25.4. The van der Waals surface area contributed by atoms with Gasteiger partial charge in [-0.2, -0.15) is 5.26 Å². The van der Waals surface area contributed by atoms with E-state index in [1.54, 1.807) is 11.3 Å². The molecule has 0 aliphatic carbocycles. The third-order valence-electron chi connectivity index (χ3n) is 18.4. The summed E-state index contributed by atoms with van der Waals surface area (Å²) in [6.45, 7) is 10.2. The standard InChI is InChI=1S/C80H44N6OS/c1-82-72-73(85-68-42-36-49(47-20-4-2-5-21-47)44-61(68)57-38-40-59-55-28-12-18-34-70(55)87-79(59)75(57)85)63(46-81)74(83-64-30-14-8-24-51(64)52-25-9-15-31-65(52)83)78(77(72)84-66-32-16-10-26-53(66)54-27-11-17-33-67(54)84)86-69-43-37-50(48-22-6-3-7-23-48)45-62(69)58-39-41-60-56-29-13-19-35-71(56)88-80(60)76(58)86/h2-45H. The van der Waals surface area contributed by atoms with Crippen LogP contribution in [-0.2, 0) is 0 Å². The Morgan fingerprint density at radius 3 is 1.34 bits per heavy atom. The maximum atomic E-state index is 13.1. The zero-order valence-electron chi connectivity index (χ0n) is 46.9. The van der Waals surface area contributed by atoms with Crippen molar-refractivity contribution in [3.05, 3.63) is 284 Å². The molecule has 8 heteroatoms. The van der Waals surface area contributed by atoms with Gasteiger partial charge in [0.15, 0.2) is 5.58 Å². The molecule has 6 heterocycles. The van der Waals surface area contributed by atoms with Gasteiger partial charge in [0.1, 0.15) is 11.7 Å². The molecule has 406 valence electrons. The lowest BCUT2D eigenvalue weighted by Gasteiger charge is -2.27. The van der Waals surface area contributed by atoms with Crippen LogP contribution >= 0.6 is 11.3 Å². The van der Waals surface area contributed by atoms with Crippen molar-refractivity contribution in [1.29, 1.82) is 5.26 Å². The molecule has 0 fully saturated rings. The summed E-state index contributed by atoms with van der Waals surface area (Å²) in [5.74, 6) is 0. The van der Waals surface area contributed by atoms with E-state index in [1.165, 1.54) is 10.1 Å². The molecule has 6 aromatic heterocycles. The molecule has 0 amide bonds. The second-order valence-electron chi connectivity index (χ2n) is 22.8. The first-order chi connectivity index (χ1) is 43.6. The third kappa shape index (κ3) is 6.53. The van der Waals surface area contributed by atoms with Crippen LogP contribution in [0.3, 0.4) is 0 Å². The number of hydrogen-bond donors (Lipinski definition) is 0. The highest BCUT2D eigenvalue weighted by Gasteiger charge is 2.36. The van der Waals surface area contributed by atoms with Crippen LogP contribution in [-0.4, -0.2) is 18.3 Å². The van der Waals surface area contributed by atoms with Gasteiger partial charge in [-0.05, 0) is 89.0 Å². The number of aromatic nitrogens is 4. The molecule has 7 nitrogen and oxygen atoms in total.